The first-order valence-corrected chi connectivity index (χ1v) is 8.01. The van der Waals surface area contributed by atoms with Gasteiger partial charge in [0.25, 0.3) is 0 Å². The maximum absolute atomic E-state index is 5.94. The fraction of sp³-hybridized carbons (Fsp3) is 0.647. The minimum absolute atomic E-state index is 0.586. The smallest absolute Gasteiger partial charge is 0.0406 e. The predicted molar refractivity (Wildman–Crippen MR) is 85.9 cm³/mol. The minimum Gasteiger partial charge on any atom is -0.314 e. The zero-order valence-corrected chi connectivity index (χ0v) is 13.3. The highest BCUT2D eigenvalue weighted by molar-refractivity contribution is 6.30. The standard InChI is InChI=1S/C17H28ClN/c1-4-6-14(3)12-17(19-11-5-2)13-15-7-9-16(18)10-8-15/h7-10,14,17,19H,4-6,11-13H2,1-3H3. The second-order valence-corrected chi connectivity index (χ2v) is 6.05. The van der Waals surface area contributed by atoms with Crippen LogP contribution in [0.15, 0.2) is 24.3 Å². The Labute approximate surface area is 123 Å². The van der Waals surface area contributed by atoms with Gasteiger partial charge in [-0.1, -0.05) is 57.3 Å². The van der Waals surface area contributed by atoms with Gasteiger partial charge in [0, 0.05) is 11.1 Å². The van der Waals surface area contributed by atoms with E-state index in [2.05, 4.69) is 38.2 Å². The van der Waals surface area contributed by atoms with Gasteiger partial charge in [0.15, 0.2) is 0 Å². The van der Waals surface area contributed by atoms with E-state index in [9.17, 15) is 0 Å². The van der Waals surface area contributed by atoms with Crippen molar-refractivity contribution in [1.29, 1.82) is 0 Å². The summed E-state index contributed by atoms with van der Waals surface area (Å²) < 4.78 is 0. The lowest BCUT2D eigenvalue weighted by Crippen LogP contribution is -2.33. The maximum atomic E-state index is 5.94. The van der Waals surface area contributed by atoms with Gasteiger partial charge in [0.05, 0.1) is 0 Å². The minimum atomic E-state index is 0.586. The Bertz CT molecular complexity index is 334. The van der Waals surface area contributed by atoms with E-state index >= 15 is 0 Å². The number of halogens is 1. The summed E-state index contributed by atoms with van der Waals surface area (Å²) in [5, 5.41) is 4.51. The van der Waals surface area contributed by atoms with E-state index in [1.165, 1.54) is 31.2 Å². The van der Waals surface area contributed by atoms with Gasteiger partial charge in [-0.25, -0.2) is 0 Å². The summed E-state index contributed by atoms with van der Waals surface area (Å²) in [6.07, 6.45) is 6.16. The Hall–Kier alpha value is -0.530. The third-order valence-corrected chi connectivity index (χ3v) is 3.80. The van der Waals surface area contributed by atoms with Crippen molar-refractivity contribution < 1.29 is 0 Å². The van der Waals surface area contributed by atoms with Crippen LogP contribution < -0.4 is 5.32 Å². The van der Waals surface area contributed by atoms with E-state index < -0.39 is 0 Å². The van der Waals surface area contributed by atoms with Gasteiger partial charge in [-0.05, 0) is 49.4 Å². The molecule has 1 aromatic rings. The summed E-state index contributed by atoms with van der Waals surface area (Å²) in [5.41, 5.74) is 1.38. The Balaban J connectivity index is 2.54. The van der Waals surface area contributed by atoms with Crippen molar-refractivity contribution in [2.45, 2.75) is 58.9 Å². The van der Waals surface area contributed by atoms with E-state index in [0.29, 0.717) is 6.04 Å². The van der Waals surface area contributed by atoms with Gasteiger partial charge < -0.3 is 5.32 Å². The second-order valence-electron chi connectivity index (χ2n) is 5.61. The normalized spacial score (nSPS) is 14.3. The monoisotopic (exact) mass is 281 g/mol. The van der Waals surface area contributed by atoms with Crippen LogP contribution in [0.25, 0.3) is 0 Å². The molecule has 0 aliphatic rings. The second kappa shape index (κ2) is 9.39. The lowest BCUT2D eigenvalue weighted by Gasteiger charge is -2.22. The Morgan fingerprint density at radius 1 is 1.11 bits per heavy atom. The number of benzene rings is 1. The van der Waals surface area contributed by atoms with Crippen molar-refractivity contribution in [2.24, 2.45) is 5.92 Å². The molecule has 0 saturated heterocycles. The van der Waals surface area contributed by atoms with Crippen LogP contribution >= 0.6 is 11.6 Å². The van der Waals surface area contributed by atoms with Gasteiger partial charge in [-0.3, -0.25) is 0 Å². The lowest BCUT2D eigenvalue weighted by molar-refractivity contribution is 0.380. The first-order chi connectivity index (χ1) is 9.15. The van der Waals surface area contributed by atoms with Gasteiger partial charge in [0.2, 0.25) is 0 Å². The third kappa shape index (κ3) is 6.98. The zero-order valence-electron chi connectivity index (χ0n) is 12.6. The molecule has 0 amide bonds. The van der Waals surface area contributed by atoms with E-state index in [4.69, 9.17) is 11.6 Å². The fourth-order valence-corrected chi connectivity index (χ4v) is 2.71. The summed E-state index contributed by atoms with van der Waals surface area (Å²) in [6.45, 7) is 7.97. The van der Waals surface area contributed by atoms with Gasteiger partial charge in [-0.15, -0.1) is 0 Å². The van der Waals surface area contributed by atoms with Crippen molar-refractivity contribution in [3.63, 3.8) is 0 Å². The molecule has 0 aliphatic heterocycles. The van der Waals surface area contributed by atoms with Crippen LogP contribution in [0.2, 0.25) is 5.02 Å². The molecule has 2 unspecified atom stereocenters. The average Bonchev–Trinajstić information content (AvgIpc) is 2.39. The maximum Gasteiger partial charge on any atom is 0.0406 e. The number of nitrogens with one attached hydrogen (secondary N) is 1. The molecule has 0 fully saturated rings. The van der Waals surface area contributed by atoms with Gasteiger partial charge in [-0.2, -0.15) is 0 Å². The number of hydrogen-bond acceptors (Lipinski definition) is 1. The molecule has 1 N–H and O–H groups in total. The SMILES string of the molecule is CCCNC(Cc1ccc(Cl)cc1)CC(C)CCC. The van der Waals surface area contributed by atoms with Crippen LogP contribution in [0.4, 0.5) is 0 Å². The number of hydrogen-bond donors (Lipinski definition) is 1. The van der Waals surface area contributed by atoms with Gasteiger partial charge >= 0.3 is 0 Å². The molecular weight excluding hydrogens is 254 g/mol. The Morgan fingerprint density at radius 3 is 2.37 bits per heavy atom. The molecule has 0 spiro atoms. The molecule has 0 radical (unpaired) electrons. The molecule has 0 aliphatic carbocycles. The molecule has 0 bridgehead atoms. The van der Waals surface area contributed by atoms with Crippen molar-refractivity contribution in [2.75, 3.05) is 6.54 Å². The first kappa shape index (κ1) is 16.5. The highest BCUT2D eigenvalue weighted by atomic mass is 35.5. The van der Waals surface area contributed by atoms with E-state index in [1.807, 2.05) is 12.1 Å². The Kier molecular flexibility index (Phi) is 8.16. The van der Waals surface area contributed by atoms with E-state index in [0.717, 1.165) is 23.9 Å². The first-order valence-electron chi connectivity index (χ1n) is 7.63. The Morgan fingerprint density at radius 2 is 1.79 bits per heavy atom. The molecule has 2 heteroatoms. The average molecular weight is 282 g/mol. The van der Waals surface area contributed by atoms with E-state index in [1.54, 1.807) is 0 Å². The predicted octanol–water partition coefficient (Wildman–Crippen LogP) is 5.08. The van der Waals surface area contributed by atoms with Gasteiger partial charge in [0.1, 0.15) is 0 Å². The highest BCUT2D eigenvalue weighted by Crippen LogP contribution is 2.17. The largest absolute Gasteiger partial charge is 0.314 e. The molecule has 19 heavy (non-hydrogen) atoms. The van der Waals surface area contributed by atoms with Crippen molar-refractivity contribution in [3.05, 3.63) is 34.9 Å². The van der Waals surface area contributed by atoms with Crippen LogP contribution in [-0.2, 0) is 6.42 Å². The topological polar surface area (TPSA) is 12.0 Å². The third-order valence-electron chi connectivity index (χ3n) is 3.55. The molecule has 0 aromatic heterocycles. The van der Waals surface area contributed by atoms with Crippen molar-refractivity contribution >= 4 is 11.6 Å². The summed E-state index contributed by atoms with van der Waals surface area (Å²) in [4.78, 5) is 0. The summed E-state index contributed by atoms with van der Waals surface area (Å²) >= 11 is 5.94. The van der Waals surface area contributed by atoms with Crippen LogP contribution in [0.3, 0.4) is 0 Å². The lowest BCUT2D eigenvalue weighted by atomic mass is 9.93. The molecule has 0 saturated carbocycles. The van der Waals surface area contributed by atoms with Crippen molar-refractivity contribution in [3.8, 4) is 0 Å². The number of rotatable bonds is 9. The van der Waals surface area contributed by atoms with Crippen LogP contribution in [0.5, 0.6) is 0 Å². The van der Waals surface area contributed by atoms with E-state index in [-0.39, 0.29) is 0 Å². The fourth-order valence-electron chi connectivity index (χ4n) is 2.59. The molecule has 1 nitrogen and oxygen atoms in total. The summed E-state index contributed by atoms with van der Waals surface area (Å²) in [5.74, 6) is 0.798. The quantitative estimate of drug-likeness (QED) is 0.666. The molecular formula is C17H28ClN. The van der Waals surface area contributed by atoms with Crippen molar-refractivity contribution in [1.82, 2.24) is 5.32 Å². The van der Waals surface area contributed by atoms with Crippen LogP contribution in [-0.4, -0.2) is 12.6 Å². The van der Waals surface area contributed by atoms with Crippen LogP contribution in [0, 0.1) is 5.92 Å². The summed E-state index contributed by atoms with van der Waals surface area (Å²) in [6, 6.07) is 8.86. The zero-order chi connectivity index (χ0) is 14.1. The molecule has 1 aromatic carbocycles. The molecule has 108 valence electrons. The molecule has 2 atom stereocenters. The van der Waals surface area contributed by atoms with Crippen LogP contribution in [0.1, 0.15) is 52.0 Å². The highest BCUT2D eigenvalue weighted by Gasteiger charge is 2.13. The summed E-state index contributed by atoms with van der Waals surface area (Å²) in [7, 11) is 0. The molecule has 1 rings (SSSR count). The molecule has 0 heterocycles.